The molecule has 0 N–H and O–H groups in total. The minimum atomic E-state index is 0.834. The fourth-order valence-electron chi connectivity index (χ4n) is 3.17. The maximum atomic E-state index is 6.30. The van der Waals surface area contributed by atoms with Crippen LogP contribution in [0.2, 0.25) is 0 Å². The molecular formula is C26H24NO2S+. The first-order valence-electron chi connectivity index (χ1n) is 9.75. The van der Waals surface area contributed by atoms with Gasteiger partial charge in [-0.3, -0.25) is 0 Å². The molecule has 1 aliphatic heterocycles. The van der Waals surface area contributed by atoms with Crippen LogP contribution in [0.25, 0.3) is 11.3 Å². The van der Waals surface area contributed by atoms with E-state index in [0.717, 1.165) is 38.9 Å². The number of hydrogen-bond donors (Lipinski definition) is 0. The monoisotopic (exact) mass is 414 g/mol. The molecule has 0 bridgehead atoms. The van der Waals surface area contributed by atoms with Gasteiger partial charge in [-0.25, -0.2) is 4.58 Å². The Hall–Kier alpha value is -3.24. The lowest BCUT2D eigenvalue weighted by Crippen LogP contribution is -2.09. The molecule has 0 spiro atoms. The Morgan fingerprint density at radius 2 is 1.63 bits per heavy atom. The summed E-state index contributed by atoms with van der Waals surface area (Å²) in [7, 11) is 5.76. The van der Waals surface area contributed by atoms with Gasteiger partial charge in [0.1, 0.15) is 25.6 Å². The quantitative estimate of drug-likeness (QED) is 0.582. The van der Waals surface area contributed by atoms with Crippen molar-refractivity contribution in [3.8, 4) is 5.75 Å². The number of ether oxygens (including phenoxy) is 2. The highest BCUT2D eigenvalue weighted by atomic mass is 32.2. The van der Waals surface area contributed by atoms with Crippen LogP contribution in [-0.4, -0.2) is 31.5 Å². The molecule has 2 aliphatic rings. The van der Waals surface area contributed by atoms with Crippen LogP contribution in [0.15, 0.2) is 101 Å². The number of nitrogens with zero attached hydrogens (tertiary/aromatic N) is 1. The van der Waals surface area contributed by atoms with Crippen molar-refractivity contribution in [1.82, 2.24) is 0 Å². The van der Waals surface area contributed by atoms with Crippen molar-refractivity contribution in [3.63, 3.8) is 0 Å². The van der Waals surface area contributed by atoms with Crippen molar-refractivity contribution >= 4 is 28.8 Å². The fourth-order valence-corrected chi connectivity index (χ4v) is 4.01. The first-order valence-corrected chi connectivity index (χ1v) is 10.6. The highest BCUT2D eigenvalue weighted by Crippen LogP contribution is 2.41. The van der Waals surface area contributed by atoms with Crippen LogP contribution in [0, 0.1) is 0 Å². The summed E-state index contributed by atoms with van der Waals surface area (Å²) in [6.45, 7) is 0. The summed E-state index contributed by atoms with van der Waals surface area (Å²) in [4.78, 5) is 0. The SMILES string of the molecule is COc1ccc(C2=CS/C(=C(/C=C3C=CC(=[N+](C)C)C=C3)c3ccccc3)O2)cc1. The Balaban J connectivity index is 1.67. The third-order valence-corrected chi connectivity index (χ3v) is 5.72. The highest BCUT2D eigenvalue weighted by molar-refractivity contribution is 8.06. The van der Waals surface area contributed by atoms with Gasteiger partial charge < -0.3 is 9.47 Å². The van der Waals surface area contributed by atoms with Crippen molar-refractivity contribution < 1.29 is 14.0 Å². The van der Waals surface area contributed by atoms with Crippen LogP contribution in [0.5, 0.6) is 5.75 Å². The van der Waals surface area contributed by atoms with E-state index >= 15 is 0 Å². The molecule has 30 heavy (non-hydrogen) atoms. The van der Waals surface area contributed by atoms with Crippen molar-refractivity contribution in [3.05, 3.63) is 112 Å². The van der Waals surface area contributed by atoms with Gasteiger partial charge in [0.15, 0.2) is 10.8 Å². The molecule has 4 heteroatoms. The Bertz CT molecular complexity index is 1100. The summed E-state index contributed by atoms with van der Waals surface area (Å²) >= 11 is 1.61. The zero-order chi connectivity index (χ0) is 20.9. The summed E-state index contributed by atoms with van der Waals surface area (Å²) in [6, 6.07) is 18.3. The zero-order valence-corrected chi connectivity index (χ0v) is 18.1. The lowest BCUT2D eigenvalue weighted by molar-refractivity contribution is -0.462. The number of methoxy groups -OCH3 is 1. The Morgan fingerprint density at radius 1 is 0.933 bits per heavy atom. The van der Waals surface area contributed by atoms with E-state index in [1.807, 2.05) is 44.4 Å². The molecule has 0 unspecified atom stereocenters. The van der Waals surface area contributed by atoms with E-state index in [4.69, 9.17) is 9.47 Å². The van der Waals surface area contributed by atoms with Gasteiger partial charge in [0.05, 0.1) is 7.11 Å². The van der Waals surface area contributed by atoms with Crippen LogP contribution >= 0.6 is 11.8 Å². The van der Waals surface area contributed by atoms with Gasteiger partial charge in [0.2, 0.25) is 0 Å². The second-order valence-electron chi connectivity index (χ2n) is 7.13. The molecule has 1 heterocycles. The predicted molar refractivity (Wildman–Crippen MR) is 126 cm³/mol. The second-order valence-corrected chi connectivity index (χ2v) is 7.97. The summed E-state index contributed by atoms with van der Waals surface area (Å²) in [6.07, 6.45) is 10.7. The van der Waals surface area contributed by atoms with Crippen LogP contribution in [0.3, 0.4) is 0 Å². The molecule has 0 radical (unpaired) electrons. The van der Waals surface area contributed by atoms with E-state index in [9.17, 15) is 0 Å². The van der Waals surface area contributed by atoms with Crippen molar-refractivity contribution in [2.45, 2.75) is 0 Å². The standard InChI is InChI=1S/C26H24NO2S/c1-27(2)22-13-9-19(10-14-22)17-24(20-7-5-4-6-8-20)26-29-25(18-30-26)21-11-15-23(28-3)16-12-21/h4-18H,1-3H3/q+1/b26-24-. The third-order valence-electron chi connectivity index (χ3n) is 4.88. The minimum absolute atomic E-state index is 0.834. The minimum Gasteiger partial charge on any atom is -0.497 e. The first-order chi connectivity index (χ1) is 14.6. The Kier molecular flexibility index (Phi) is 6.05. The van der Waals surface area contributed by atoms with Crippen LogP contribution < -0.4 is 4.74 Å². The Labute approximate surface area is 182 Å². The smallest absolute Gasteiger partial charge is 0.199 e. The number of hydrogen-bond acceptors (Lipinski definition) is 3. The maximum absolute atomic E-state index is 6.30. The molecule has 2 aromatic carbocycles. The number of allylic oxidation sites excluding steroid dienone is 7. The van der Waals surface area contributed by atoms with Gasteiger partial charge in [-0.1, -0.05) is 42.1 Å². The van der Waals surface area contributed by atoms with E-state index in [2.05, 4.69) is 64.6 Å². The van der Waals surface area contributed by atoms with Crippen LogP contribution in [0.4, 0.5) is 0 Å². The van der Waals surface area contributed by atoms with Gasteiger partial charge in [0.25, 0.3) is 0 Å². The average molecular weight is 415 g/mol. The van der Waals surface area contributed by atoms with Gasteiger partial charge in [-0.2, -0.15) is 0 Å². The van der Waals surface area contributed by atoms with Gasteiger partial charge in [-0.15, -0.1) is 0 Å². The Morgan fingerprint density at radius 3 is 2.27 bits per heavy atom. The van der Waals surface area contributed by atoms with Crippen LogP contribution in [-0.2, 0) is 4.74 Å². The molecule has 2 aromatic rings. The van der Waals surface area contributed by atoms with E-state index in [-0.39, 0.29) is 0 Å². The molecule has 1 aliphatic carbocycles. The largest absolute Gasteiger partial charge is 0.497 e. The molecule has 0 saturated heterocycles. The lowest BCUT2D eigenvalue weighted by atomic mass is 10.0. The van der Waals surface area contributed by atoms with E-state index < -0.39 is 0 Å². The lowest BCUT2D eigenvalue weighted by Gasteiger charge is -2.11. The fraction of sp³-hybridized carbons (Fsp3) is 0.115. The molecule has 4 rings (SSSR count). The van der Waals surface area contributed by atoms with Gasteiger partial charge in [-0.05, 0) is 53.6 Å². The molecule has 0 fully saturated rings. The number of thioether (sulfide) groups is 1. The second kappa shape index (κ2) is 9.06. The first kappa shape index (κ1) is 20.0. The molecule has 0 atom stereocenters. The predicted octanol–water partition coefficient (Wildman–Crippen LogP) is 5.89. The van der Waals surface area contributed by atoms with Crippen molar-refractivity contribution in [1.29, 1.82) is 0 Å². The van der Waals surface area contributed by atoms with Crippen molar-refractivity contribution in [2.75, 3.05) is 21.2 Å². The van der Waals surface area contributed by atoms with E-state index in [1.54, 1.807) is 18.9 Å². The van der Waals surface area contributed by atoms with E-state index in [1.165, 1.54) is 5.71 Å². The average Bonchev–Trinajstić information content (AvgIpc) is 3.28. The van der Waals surface area contributed by atoms with E-state index in [0.29, 0.717) is 0 Å². The third kappa shape index (κ3) is 4.50. The summed E-state index contributed by atoms with van der Waals surface area (Å²) < 4.78 is 13.6. The summed E-state index contributed by atoms with van der Waals surface area (Å²) in [5, 5.41) is 2.94. The normalized spacial score (nSPS) is 16.8. The molecule has 0 aromatic heterocycles. The molecular weight excluding hydrogens is 390 g/mol. The van der Waals surface area contributed by atoms with Gasteiger partial charge in [0, 0.05) is 28.7 Å². The van der Waals surface area contributed by atoms with Crippen molar-refractivity contribution in [2.24, 2.45) is 0 Å². The molecule has 150 valence electrons. The van der Waals surface area contributed by atoms with Gasteiger partial charge >= 0.3 is 0 Å². The zero-order valence-electron chi connectivity index (χ0n) is 17.3. The maximum Gasteiger partial charge on any atom is 0.199 e. The number of rotatable bonds is 4. The summed E-state index contributed by atoms with van der Waals surface area (Å²) in [5.74, 6) is 1.68. The summed E-state index contributed by atoms with van der Waals surface area (Å²) in [5.41, 5.74) is 5.53. The number of benzene rings is 2. The highest BCUT2D eigenvalue weighted by Gasteiger charge is 2.19. The topological polar surface area (TPSA) is 21.5 Å². The van der Waals surface area contributed by atoms with Crippen LogP contribution in [0.1, 0.15) is 11.1 Å². The molecule has 3 nitrogen and oxygen atoms in total. The molecule has 0 amide bonds. The molecule has 0 saturated carbocycles.